The molecule has 3 aromatic rings. The van der Waals surface area contributed by atoms with Gasteiger partial charge in [0.1, 0.15) is 11.5 Å². The Morgan fingerprint density at radius 1 is 0.867 bits per heavy atom. The number of aromatic amines is 1. The second kappa shape index (κ2) is 14.6. The van der Waals surface area contributed by atoms with Crippen LogP contribution in [0.1, 0.15) is 97.2 Å². The maximum absolute atomic E-state index is 12.7. The number of fused-ring (bicyclic) bond motifs is 1. The van der Waals surface area contributed by atoms with Crippen molar-refractivity contribution in [2.24, 2.45) is 10.9 Å². The number of carbonyl (C=O) groups is 2. The van der Waals surface area contributed by atoms with Gasteiger partial charge in [-0.3, -0.25) is 14.5 Å². The Morgan fingerprint density at radius 2 is 1.58 bits per heavy atom. The van der Waals surface area contributed by atoms with Crippen molar-refractivity contribution >= 4 is 29.3 Å². The Kier molecular flexibility index (Phi) is 10.4. The first-order valence-corrected chi connectivity index (χ1v) is 16.4. The molecule has 2 aliphatic rings. The zero-order valence-electron chi connectivity index (χ0n) is 27.4. The lowest BCUT2D eigenvalue weighted by Crippen LogP contribution is -2.24. The maximum atomic E-state index is 12.7. The summed E-state index contributed by atoms with van der Waals surface area (Å²) >= 11 is 0. The van der Waals surface area contributed by atoms with Gasteiger partial charge in [0, 0.05) is 49.9 Å². The van der Waals surface area contributed by atoms with Crippen LogP contribution in [-0.4, -0.2) is 55.2 Å². The number of aliphatic imine (C=N–C) groups is 1. The van der Waals surface area contributed by atoms with Crippen LogP contribution in [0.15, 0.2) is 77.1 Å². The van der Waals surface area contributed by atoms with Gasteiger partial charge in [-0.1, -0.05) is 70.6 Å². The number of anilines is 1. The standard InChI is InChI=1S/C38H46N4O3/c1-6-8-10-11-13-26(12-9-7-2)25-45-36-24-34(28-16-20-31-32(22-28)38(44)42(5)37(31)43)40-35(36)23-29-17-21-33(39-29)27-14-18-30(19-15-27)41(3)4/h14-24,26,39H,6-13,25H2,1-5H3. The van der Waals surface area contributed by atoms with Crippen LogP contribution >= 0.6 is 0 Å². The molecule has 0 saturated carbocycles. The molecule has 2 aliphatic heterocycles. The van der Waals surface area contributed by atoms with E-state index in [1.165, 1.54) is 52.0 Å². The van der Waals surface area contributed by atoms with Crippen LogP contribution < -0.4 is 4.90 Å². The van der Waals surface area contributed by atoms with Crippen molar-refractivity contribution in [2.45, 2.75) is 65.2 Å². The number of nitrogens with one attached hydrogen (secondary N) is 1. The van der Waals surface area contributed by atoms with Crippen LogP contribution in [0.3, 0.4) is 0 Å². The van der Waals surface area contributed by atoms with Crippen LogP contribution in [0.5, 0.6) is 0 Å². The molecular formula is C38H46N4O3. The second-order valence-corrected chi connectivity index (χ2v) is 12.4. The number of amides is 2. The molecule has 5 rings (SSSR count). The summed E-state index contributed by atoms with van der Waals surface area (Å²) in [5, 5.41) is 0. The normalized spacial score (nSPS) is 15.8. The molecule has 1 unspecified atom stereocenters. The van der Waals surface area contributed by atoms with Crippen molar-refractivity contribution in [3.8, 4) is 11.3 Å². The molecule has 2 amide bonds. The average Bonchev–Trinajstić information content (AvgIpc) is 3.74. The first kappa shape index (κ1) is 32.0. The number of imide groups is 1. The molecule has 7 heteroatoms. The van der Waals surface area contributed by atoms with Gasteiger partial charge in [0.25, 0.3) is 11.8 Å². The summed E-state index contributed by atoms with van der Waals surface area (Å²) in [6.07, 6.45) is 13.7. The summed E-state index contributed by atoms with van der Waals surface area (Å²) in [5.74, 6) is 0.665. The Morgan fingerprint density at radius 3 is 2.31 bits per heavy atom. The largest absolute Gasteiger partial charge is 0.491 e. The number of ether oxygens (including phenoxy) is 1. The number of hydrogen-bond donors (Lipinski definition) is 1. The zero-order valence-corrected chi connectivity index (χ0v) is 27.4. The average molecular weight is 607 g/mol. The van der Waals surface area contributed by atoms with Crippen LogP contribution in [0.2, 0.25) is 0 Å². The highest BCUT2D eigenvalue weighted by atomic mass is 16.5. The molecule has 1 aromatic heterocycles. The molecular weight excluding hydrogens is 560 g/mol. The number of hydrogen-bond acceptors (Lipinski definition) is 5. The lowest BCUT2D eigenvalue weighted by molar-refractivity contribution is 0.0693. The summed E-state index contributed by atoms with van der Waals surface area (Å²) < 4.78 is 6.56. The van der Waals surface area contributed by atoms with E-state index in [0.717, 1.165) is 51.0 Å². The molecule has 0 aliphatic carbocycles. The summed E-state index contributed by atoms with van der Waals surface area (Å²) in [7, 11) is 5.59. The second-order valence-electron chi connectivity index (χ2n) is 12.4. The molecule has 45 heavy (non-hydrogen) atoms. The first-order valence-electron chi connectivity index (χ1n) is 16.4. The fourth-order valence-electron chi connectivity index (χ4n) is 5.92. The van der Waals surface area contributed by atoms with Crippen molar-refractivity contribution in [3.63, 3.8) is 0 Å². The Balaban J connectivity index is 1.42. The number of aromatic nitrogens is 1. The van der Waals surface area contributed by atoms with Gasteiger partial charge in [-0.25, -0.2) is 4.99 Å². The molecule has 0 saturated heterocycles. The minimum Gasteiger partial charge on any atom is -0.491 e. The van der Waals surface area contributed by atoms with E-state index in [2.05, 4.69) is 60.1 Å². The molecule has 1 N–H and O–H groups in total. The van der Waals surface area contributed by atoms with E-state index < -0.39 is 0 Å². The number of carbonyl (C=O) groups excluding carboxylic acids is 2. The van der Waals surface area contributed by atoms with Gasteiger partial charge in [-0.2, -0.15) is 0 Å². The van der Waals surface area contributed by atoms with Crippen molar-refractivity contribution in [2.75, 3.05) is 32.6 Å². The Hall–Kier alpha value is -4.39. The van der Waals surface area contributed by atoms with Crippen LogP contribution in [0.25, 0.3) is 17.3 Å². The SMILES string of the molecule is CCCCCCC(CCCC)COC1=CC(c2ccc3c(c2)C(=O)N(C)C3=O)=NC1=Cc1ccc(-c2ccc(N(C)C)cc2)[nH]1. The summed E-state index contributed by atoms with van der Waals surface area (Å²) in [6.45, 7) is 5.13. The molecule has 0 spiro atoms. The summed E-state index contributed by atoms with van der Waals surface area (Å²) in [6, 6.07) is 18.0. The minimum atomic E-state index is -0.286. The number of allylic oxidation sites excluding steroid dienone is 1. The lowest BCUT2D eigenvalue weighted by Gasteiger charge is -2.18. The summed E-state index contributed by atoms with van der Waals surface area (Å²) in [4.78, 5) is 36.9. The highest BCUT2D eigenvalue weighted by Crippen LogP contribution is 2.31. The number of rotatable bonds is 15. The Labute approximate surface area is 267 Å². The molecule has 7 nitrogen and oxygen atoms in total. The molecule has 2 aromatic carbocycles. The van der Waals surface area contributed by atoms with E-state index in [1.54, 1.807) is 12.1 Å². The molecule has 236 valence electrons. The fraction of sp³-hybridized carbons (Fsp3) is 0.395. The topological polar surface area (TPSA) is 78.0 Å². The van der Waals surface area contributed by atoms with E-state index >= 15 is 0 Å². The van der Waals surface area contributed by atoms with Crippen molar-refractivity contribution < 1.29 is 14.3 Å². The van der Waals surface area contributed by atoms with Crippen LogP contribution in [0.4, 0.5) is 5.69 Å². The summed E-state index contributed by atoms with van der Waals surface area (Å²) in [5.41, 5.74) is 7.29. The monoisotopic (exact) mass is 606 g/mol. The van der Waals surface area contributed by atoms with Gasteiger partial charge in [0.05, 0.1) is 23.4 Å². The lowest BCUT2D eigenvalue weighted by atomic mass is 9.96. The molecule has 0 bridgehead atoms. The van der Waals surface area contributed by atoms with Gasteiger partial charge in [0.15, 0.2) is 0 Å². The van der Waals surface area contributed by atoms with E-state index in [-0.39, 0.29) is 11.8 Å². The number of benzene rings is 2. The molecule has 0 radical (unpaired) electrons. The highest BCUT2D eigenvalue weighted by Gasteiger charge is 2.33. The number of nitrogens with zero attached hydrogens (tertiary/aromatic N) is 3. The predicted octanol–water partition coefficient (Wildman–Crippen LogP) is 8.49. The molecule has 1 atom stereocenters. The van der Waals surface area contributed by atoms with Crippen molar-refractivity contribution in [1.82, 2.24) is 9.88 Å². The van der Waals surface area contributed by atoms with Gasteiger partial charge in [-0.15, -0.1) is 0 Å². The Bertz CT molecular complexity index is 1610. The predicted molar refractivity (Wildman–Crippen MR) is 184 cm³/mol. The third-order valence-electron chi connectivity index (χ3n) is 8.75. The quantitative estimate of drug-likeness (QED) is 0.139. The van der Waals surface area contributed by atoms with Crippen molar-refractivity contribution in [1.29, 1.82) is 0 Å². The van der Waals surface area contributed by atoms with E-state index in [0.29, 0.717) is 29.4 Å². The van der Waals surface area contributed by atoms with E-state index in [9.17, 15) is 9.59 Å². The third-order valence-corrected chi connectivity index (χ3v) is 8.75. The van der Waals surface area contributed by atoms with Crippen LogP contribution in [-0.2, 0) is 4.74 Å². The minimum absolute atomic E-state index is 0.272. The van der Waals surface area contributed by atoms with Crippen LogP contribution in [0, 0.1) is 5.92 Å². The van der Waals surface area contributed by atoms with E-state index in [4.69, 9.17) is 9.73 Å². The van der Waals surface area contributed by atoms with Gasteiger partial charge in [0.2, 0.25) is 0 Å². The number of H-pyrrole nitrogens is 1. The maximum Gasteiger partial charge on any atom is 0.261 e. The molecule has 3 heterocycles. The molecule has 0 fully saturated rings. The highest BCUT2D eigenvalue weighted by molar-refractivity contribution is 6.22. The third kappa shape index (κ3) is 7.47. The van der Waals surface area contributed by atoms with E-state index in [1.807, 2.05) is 32.3 Å². The fourth-order valence-corrected chi connectivity index (χ4v) is 5.92. The van der Waals surface area contributed by atoms with Crippen molar-refractivity contribution in [3.05, 3.63) is 94.5 Å². The number of unbranched alkanes of at least 4 members (excludes halogenated alkanes) is 4. The van der Waals surface area contributed by atoms with Gasteiger partial charge < -0.3 is 14.6 Å². The smallest absolute Gasteiger partial charge is 0.261 e. The van der Waals surface area contributed by atoms with Gasteiger partial charge >= 0.3 is 0 Å². The zero-order chi connectivity index (χ0) is 31.9. The van der Waals surface area contributed by atoms with Gasteiger partial charge in [-0.05, 0) is 66.8 Å². The first-order chi connectivity index (χ1) is 21.8.